The van der Waals surface area contributed by atoms with Crippen molar-refractivity contribution in [2.45, 2.75) is 96.9 Å². The number of methoxy groups -OCH3 is 1. The number of ether oxygens (including phenoxy) is 2. The summed E-state index contributed by atoms with van der Waals surface area (Å²) in [6.45, 7) is 15.9. The first kappa shape index (κ1) is 40.7. The van der Waals surface area contributed by atoms with Crippen LogP contribution in [-0.4, -0.2) is 108 Å². The second-order valence-corrected chi connectivity index (χ2v) is 20.6. The summed E-state index contributed by atoms with van der Waals surface area (Å²) in [4.78, 5) is 57.8. The number of nitrogens with one attached hydrogen (secondary N) is 2. The van der Waals surface area contributed by atoms with Gasteiger partial charge in [0.2, 0.25) is 5.91 Å². The summed E-state index contributed by atoms with van der Waals surface area (Å²) >= 11 is 1.57. The van der Waals surface area contributed by atoms with E-state index in [2.05, 4.69) is 96.4 Å². The molecular formula is C47H60N8O5S. The number of hydrogen-bond donors (Lipinski definition) is 2. The number of nitrogens with zero attached hydrogens (tertiary/aromatic N) is 6. The molecule has 3 saturated carbocycles. The molecule has 10 rings (SSSR count). The van der Waals surface area contributed by atoms with E-state index in [-0.39, 0.29) is 48.2 Å². The van der Waals surface area contributed by atoms with E-state index in [0.717, 1.165) is 108 Å². The second-order valence-electron chi connectivity index (χ2n) is 19.7. The highest BCUT2D eigenvalue weighted by Crippen LogP contribution is 2.54. The Morgan fingerprint density at radius 2 is 1.90 bits per heavy atom. The smallest absolute Gasteiger partial charge is 0.325 e. The summed E-state index contributed by atoms with van der Waals surface area (Å²) in [5.41, 5.74) is 10.5. The maximum atomic E-state index is 14.7. The van der Waals surface area contributed by atoms with Gasteiger partial charge in [-0.05, 0) is 94.5 Å². The van der Waals surface area contributed by atoms with Gasteiger partial charge in [-0.1, -0.05) is 26.8 Å². The van der Waals surface area contributed by atoms with Crippen molar-refractivity contribution in [1.29, 1.82) is 0 Å². The van der Waals surface area contributed by atoms with Gasteiger partial charge in [-0.25, -0.2) is 10.4 Å². The van der Waals surface area contributed by atoms with Crippen LogP contribution in [0.3, 0.4) is 0 Å². The molecule has 4 aromatic rings. The quantitative estimate of drug-likeness (QED) is 0.215. The van der Waals surface area contributed by atoms with Crippen molar-refractivity contribution in [2.24, 2.45) is 29.1 Å². The predicted molar refractivity (Wildman–Crippen MR) is 236 cm³/mol. The number of hydrogen-bond acceptors (Lipinski definition) is 11. The molecule has 2 amide bonds. The van der Waals surface area contributed by atoms with Crippen molar-refractivity contribution in [3.63, 3.8) is 0 Å². The third-order valence-electron chi connectivity index (χ3n) is 14.7. The number of benzene rings is 1. The first-order valence-electron chi connectivity index (χ1n) is 22.4. The third kappa shape index (κ3) is 7.24. The van der Waals surface area contributed by atoms with Crippen molar-refractivity contribution in [3.8, 4) is 22.5 Å². The molecule has 324 valence electrons. The lowest BCUT2D eigenvalue weighted by Gasteiger charge is -2.37. The number of aryl methyl sites for hydroxylation is 1. The zero-order valence-electron chi connectivity index (χ0n) is 36.6. The van der Waals surface area contributed by atoms with Crippen LogP contribution < -0.4 is 15.6 Å². The number of anilines is 1. The largest absolute Gasteiger partial charge is 0.464 e. The SMILES string of the molecule is CCn1c(-c2cc(N3CCN(C)CC3)cnc2[C@H](C)OC)c2c3cc(ccc31)-c1csc(n1)C1(CC1)[C@H](NC(=O)[C@H]1C[C@@H]1C)C(=O)N1C[C@H]3C[C@H]3[C@H](N1)C(=O)OCC(C)(C)C2. The van der Waals surface area contributed by atoms with Crippen molar-refractivity contribution >= 4 is 45.7 Å². The van der Waals surface area contributed by atoms with Crippen LogP contribution in [0.4, 0.5) is 5.69 Å². The van der Waals surface area contributed by atoms with Gasteiger partial charge >= 0.3 is 5.97 Å². The van der Waals surface area contributed by atoms with Gasteiger partial charge in [-0.15, -0.1) is 11.3 Å². The lowest BCUT2D eigenvalue weighted by Crippen LogP contribution is -2.63. The number of carbonyl (C=O) groups is 3. The Labute approximate surface area is 362 Å². The summed E-state index contributed by atoms with van der Waals surface area (Å²) < 4.78 is 14.7. The molecule has 61 heavy (non-hydrogen) atoms. The average Bonchev–Trinajstić information content (AvgIpc) is 4.23. The van der Waals surface area contributed by atoms with Crippen LogP contribution in [-0.2, 0) is 42.2 Å². The normalized spacial score (nSPS) is 28.6. The fraction of sp³-hybridized carbons (Fsp3) is 0.596. The molecule has 3 aliphatic carbocycles. The Bertz CT molecular complexity index is 2400. The van der Waals surface area contributed by atoms with Crippen LogP contribution in [0.1, 0.15) is 82.7 Å². The Hall–Kier alpha value is -4.37. The van der Waals surface area contributed by atoms with Gasteiger partial charge in [0.25, 0.3) is 5.91 Å². The van der Waals surface area contributed by atoms with E-state index in [1.54, 1.807) is 23.5 Å². The zero-order valence-corrected chi connectivity index (χ0v) is 37.4. The standard InChI is InChI=1S/C47H60N8O5S/c1-8-54-37-10-9-28-18-33(37)35(40(54)34-20-30(22-48-38(34)27(3)59-7)53-15-13-52(6)14-16-53)21-46(4,5)25-60-44(58)39-32-19-29(32)23-55(51-39)43(57)41(50-42(56)31-17-26(31)2)47(11-12-47)45-49-36(28)24-61-45/h9-10,18,20,22,24,26-27,29,31-32,39,41,51H,8,11-17,19,21,23,25H2,1-7H3,(H,50,56)/t26-,27-,29+,31-,32+,39-,41+/m0/s1. The molecule has 2 saturated heterocycles. The lowest BCUT2D eigenvalue weighted by molar-refractivity contribution is -0.156. The minimum atomic E-state index is -0.793. The van der Waals surface area contributed by atoms with Crippen LogP contribution in [0.15, 0.2) is 35.8 Å². The fourth-order valence-corrected chi connectivity index (χ4v) is 11.5. The number of thiazole rings is 1. The van der Waals surface area contributed by atoms with Crippen molar-refractivity contribution in [2.75, 3.05) is 58.4 Å². The Morgan fingerprint density at radius 1 is 1.13 bits per heavy atom. The number of esters is 1. The van der Waals surface area contributed by atoms with Gasteiger partial charge in [0, 0.05) is 85.1 Å². The Kier molecular flexibility index (Phi) is 10.1. The predicted octanol–water partition coefficient (Wildman–Crippen LogP) is 5.96. The molecule has 0 radical (unpaired) electrons. The minimum absolute atomic E-state index is 0.0721. The highest BCUT2D eigenvalue weighted by molar-refractivity contribution is 7.10. The van der Waals surface area contributed by atoms with E-state index in [1.807, 2.05) is 6.20 Å². The number of piperazine rings is 1. The van der Waals surface area contributed by atoms with Crippen molar-refractivity contribution < 1.29 is 23.9 Å². The molecule has 3 aliphatic heterocycles. The molecule has 6 bridgehead atoms. The number of amides is 2. The van der Waals surface area contributed by atoms with Gasteiger partial charge in [0.15, 0.2) is 0 Å². The fourth-order valence-electron chi connectivity index (χ4n) is 10.4. The average molecular weight is 849 g/mol. The van der Waals surface area contributed by atoms with E-state index >= 15 is 0 Å². The first-order chi connectivity index (χ1) is 29.3. The topological polar surface area (TPSA) is 134 Å². The van der Waals surface area contributed by atoms with Gasteiger partial charge < -0.3 is 29.2 Å². The highest BCUT2D eigenvalue weighted by atomic mass is 32.1. The van der Waals surface area contributed by atoms with Gasteiger partial charge in [-0.3, -0.25) is 24.4 Å². The van der Waals surface area contributed by atoms with Crippen LogP contribution in [0.2, 0.25) is 0 Å². The van der Waals surface area contributed by atoms with E-state index < -0.39 is 22.9 Å². The van der Waals surface area contributed by atoms with Gasteiger partial charge in [0.1, 0.15) is 17.1 Å². The molecule has 1 spiro atoms. The number of hydrazine groups is 1. The van der Waals surface area contributed by atoms with E-state index in [0.29, 0.717) is 18.9 Å². The molecule has 2 N–H and O–H groups in total. The van der Waals surface area contributed by atoms with Crippen LogP contribution in [0.25, 0.3) is 33.4 Å². The number of likely N-dealkylation sites (N-methyl/N-ethyl adjacent to an activating group) is 1. The summed E-state index contributed by atoms with van der Waals surface area (Å²) in [7, 11) is 3.91. The van der Waals surface area contributed by atoms with E-state index in [4.69, 9.17) is 19.4 Å². The zero-order chi connectivity index (χ0) is 42.5. The molecule has 14 heteroatoms. The monoisotopic (exact) mass is 848 g/mol. The number of carbonyl (C=O) groups excluding carboxylic acids is 3. The molecular weight excluding hydrogens is 789 g/mol. The summed E-state index contributed by atoms with van der Waals surface area (Å²) in [5.74, 6) is -0.0832. The van der Waals surface area contributed by atoms with Crippen molar-refractivity contribution in [1.82, 2.24) is 35.2 Å². The highest BCUT2D eigenvalue weighted by Gasteiger charge is 2.60. The molecule has 6 aliphatic rings. The second kappa shape index (κ2) is 15.2. The van der Waals surface area contributed by atoms with Crippen LogP contribution in [0.5, 0.6) is 0 Å². The summed E-state index contributed by atoms with van der Waals surface area (Å²) in [6.07, 6.45) is 5.54. The van der Waals surface area contributed by atoms with E-state index in [9.17, 15) is 14.4 Å². The number of rotatable bonds is 7. The molecule has 1 aromatic carbocycles. The summed E-state index contributed by atoms with van der Waals surface area (Å²) in [6, 6.07) is 7.53. The molecule has 13 nitrogen and oxygen atoms in total. The summed E-state index contributed by atoms with van der Waals surface area (Å²) in [5, 5.41) is 8.95. The number of cyclic esters (lactones) is 1. The lowest BCUT2D eigenvalue weighted by atomic mass is 9.84. The van der Waals surface area contributed by atoms with Crippen LogP contribution >= 0.6 is 11.3 Å². The third-order valence-corrected chi connectivity index (χ3v) is 15.8. The molecule has 0 unspecified atom stereocenters. The van der Waals surface area contributed by atoms with E-state index in [1.165, 1.54) is 5.56 Å². The first-order valence-corrected chi connectivity index (χ1v) is 23.3. The maximum Gasteiger partial charge on any atom is 0.325 e. The van der Waals surface area contributed by atoms with Gasteiger partial charge in [0.05, 0.1) is 47.1 Å². The molecule has 3 aromatic heterocycles. The Morgan fingerprint density at radius 3 is 2.61 bits per heavy atom. The molecule has 7 atom stereocenters. The number of aromatic nitrogens is 3. The van der Waals surface area contributed by atoms with Crippen LogP contribution in [0, 0.1) is 29.1 Å². The molecule has 6 heterocycles. The molecule has 5 fully saturated rings. The van der Waals surface area contributed by atoms with Gasteiger partial charge in [-0.2, -0.15) is 0 Å². The van der Waals surface area contributed by atoms with Crippen molar-refractivity contribution in [3.05, 3.63) is 52.1 Å². The minimum Gasteiger partial charge on any atom is -0.464 e. The number of fused-ring (bicyclic) bond motifs is 9. The number of pyridine rings is 1. The maximum absolute atomic E-state index is 14.7. The Balaban J connectivity index is 1.12.